The van der Waals surface area contributed by atoms with E-state index in [1.54, 1.807) is 0 Å². The van der Waals surface area contributed by atoms with Gasteiger partial charge in [-0.1, -0.05) is 35.9 Å². The lowest BCUT2D eigenvalue weighted by atomic mass is 9.90. The van der Waals surface area contributed by atoms with Gasteiger partial charge >= 0.3 is 0 Å². The molecule has 2 aromatic carbocycles. The third-order valence-corrected chi connectivity index (χ3v) is 4.37. The molecular weight excluding hydrogens is 266 g/mol. The Morgan fingerprint density at radius 1 is 0.900 bits per heavy atom. The summed E-state index contributed by atoms with van der Waals surface area (Å²) < 4.78 is 0. The lowest BCUT2D eigenvalue weighted by Crippen LogP contribution is -2.20. The molecule has 20 heavy (non-hydrogen) atoms. The van der Waals surface area contributed by atoms with E-state index in [9.17, 15) is 0 Å². The van der Waals surface area contributed by atoms with Crippen molar-refractivity contribution in [2.45, 2.75) is 33.7 Å². The summed E-state index contributed by atoms with van der Waals surface area (Å²) in [6.45, 7) is 8.54. The molecule has 2 aromatic rings. The van der Waals surface area contributed by atoms with Gasteiger partial charge in [-0.15, -0.1) is 0 Å². The fourth-order valence-electron chi connectivity index (χ4n) is 2.76. The van der Waals surface area contributed by atoms with Crippen LogP contribution in [-0.2, 0) is 0 Å². The third kappa shape index (κ3) is 2.74. The van der Waals surface area contributed by atoms with Crippen molar-refractivity contribution in [2.24, 2.45) is 0 Å². The van der Waals surface area contributed by atoms with Gasteiger partial charge in [-0.2, -0.15) is 0 Å². The van der Waals surface area contributed by atoms with Crippen LogP contribution < -0.4 is 5.32 Å². The highest BCUT2D eigenvalue weighted by atomic mass is 35.5. The molecule has 0 aromatic heterocycles. The summed E-state index contributed by atoms with van der Waals surface area (Å²) in [7, 11) is 1.99. The Labute approximate surface area is 127 Å². The summed E-state index contributed by atoms with van der Waals surface area (Å²) in [6, 6.07) is 10.8. The van der Waals surface area contributed by atoms with Crippen LogP contribution >= 0.6 is 11.6 Å². The first-order valence-corrected chi connectivity index (χ1v) is 7.33. The molecule has 0 aliphatic carbocycles. The van der Waals surface area contributed by atoms with Crippen LogP contribution in [0.15, 0.2) is 30.3 Å². The molecule has 0 aliphatic heterocycles. The topological polar surface area (TPSA) is 12.0 Å². The van der Waals surface area contributed by atoms with Gasteiger partial charge in [0.15, 0.2) is 0 Å². The zero-order chi connectivity index (χ0) is 14.9. The van der Waals surface area contributed by atoms with Crippen molar-refractivity contribution in [3.05, 3.63) is 68.7 Å². The maximum absolute atomic E-state index is 6.49. The van der Waals surface area contributed by atoms with E-state index in [1.807, 2.05) is 7.05 Å². The van der Waals surface area contributed by atoms with E-state index in [2.05, 4.69) is 63.3 Å². The van der Waals surface area contributed by atoms with Gasteiger partial charge in [0.05, 0.1) is 6.04 Å². The molecule has 1 unspecified atom stereocenters. The Hall–Kier alpha value is -1.31. The smallest absolute Gasteiger partial charge is 0.0594 e. The van der Waals surface area contributed by atoms with Gasteiger partial charge in [-0.3, -0.25) is 0 Å². The van der Waals surface area contributed by atoms with Crippen LogP contribution in [0.2, 0.25) is 5.02 Å². The van der Waals surface area contributed by atoms with Crippen molar-refractivity contribution in [3.8, 4) is 0 Å². The van der Waals surface area contributed by atoms with E-state index in [4.69, 9.17) is 11.6 Å². The zero-order valence-corrected chi connectivity index (χ0v) is 13.6. The highest BCUT2D eigenvalue weighted by Gasteiger charge is 2.19. The molecule has 0 bridgehead atoms. The minimum absolute atomic E-state index is 0.128. The van der Waals surface area contributed by atoms with Crippen LogP contribution in [0.25, 0.3) is 0 Å². The number of nitrogens with one attached hydrogen (secondary N) is 1. The SMILES string of the molecule is CNC(c1cc(C)c(C)cc1Cl)c1c(C)cccc1C. The molecule has 106 valence electrons. The van der Waals surface area contributed by atoms with E-state index in [1.165, 1.54) is 27.8 Å². The Bertz CT molecular complexity index is 611. The number of rotatable bonds is 3. The molecular formula is C18H22ClN. The predicted octanol–water partition coefficient (Wildman–Crippen LogP) is 4.88. The van der Waals surface area contributed by atoms with Crippen LogP contribution in [0.1, 0.15) is 39.4 Å². The second-order valence-electron chi connectivity index (χ2n) is 5.49. The number of hydrogen-bond acceptors (Lipinski definition) is 1. The van der Waals surface area contributed by atoms with E-state index in [0.717, 1.165) is 10.6 Å². The third-order valence-electron chi connectivity index (χ3n) is 4.04. The number of halogens is 1. The minimum Gasteiger partial charge on any atom is -0.309 e. The van der Waals surface area contributed by atoms with Crippen LogP contribution in [0.4, 0.5) is 0 Å². The van der Waals surface area contributed by atoms with Crippen LogP contribution in [-0.4, -0.2) is 7.05 Å². The molecule has 0 amide bonds. The lowest BCUT2D eigenvalue weighted by Gasteiger charge is -2.23. The predicted molar refractivity (Wildman–Crippen MR) is 87.7 cm³/mol. The molecule has 1 nitrogen and oxygen atoms in total. The lowest BCUT2D eigenvalue weighted by molar-refractivity contribution is 0.682. The normalized spacial score (nSPS) is 12.5. The first-order valence-electron chi connectivity index (χ1n) is 6.95. The van der Waals surface area contributed by atoms with Crippen molar-refractivity contribution in [3.63, 3.8) is 0 Å². The highest BCUT2D eigenvalue weighted by Crippen LogP contribution is 2.33. The molecule has 0 saturated heterocycles. The monoisotopic (exact) mass is 287 g/mol. The molecule has 1 atom stereocenters. The second-order valence-corrected chi connectivity index (χ2v) is 5.89. The summed E-state index contributed by atoms with van der Waals surface area (Å²) in [5, 5.41) is 4.25. The Kier molecular flexibility index (Phi) is 4.52. The maximum Gasteiger partial charge on any atom is 0.0594 e. The van der Waals surface area contributed by atoms with Crippen molar-refractivity contribution in [2.75, 3.05) is 7.05 Å². The summed E-state index contributed by atoms with van der Waals surface area (Å²) in [5.41, 5.74) is 7.55. The molecule has 1 N–H and O–H groups in total. The van der Waals surface area contributed by atoms with Crippen LogP contribution in [0.5, 0.6) is 0 Å². The average Bonchev–Trinajstić information content (AvgIpc) is 2.39. The second kappa shape index (κ2) is 5.99. The molecule has 0 spiro atoms. The van der Waals surface area contributed by atoms with E-state index in [-0.39, 0.29) is 6.04 Å². The summed E-state index contributed by atoms with van der Waals surface area (Å²) >= 11 is 6.49. The van der Waals surface area contributed by atoms with Crippen molar-refractivity contribution >= 4 is 11.6 Å². The van der Waals surface area contributed by atoms with E-state index in [0.29, 0.717) is 0 Å². The van der Waals surface area contributed by atoms with Gasteiger partial charge in [0.1, 0.15) is 0 Å². The molecule has 0 aliphatic rings. The Morgan fingerprint density at radius 3 is 2.00 bits per heavy atom. The first kappa shape index (κ1) is 15.1. The summed E-state index contributed by atoms with van der Waals surface area (Å²) in [6.07, 6.45) is 0. The van der Waals surface area contributed by atoms with Gasteiger partial charge < -0.3 is 5.32 Å². The Morgan fingerprint density at radius 2 is 1.45 bits per heavy atom. The van der Waals surface area contributed by atoms with E-state index >= 15 is 0 Å². The molecule has 2 heteroatoms. The summed E-state index contributed by atoms with van der Waals surface area (Å²) in [4.78, 5) is 0. The molecule has 2 rings (SSSR count). The molecule has 0 heterocycles. The maximum atomic E-state index is 6.49. The van der Waals surface area contributed by atoms with Gasteiger partial charge in [-0.25, -0.2) is 0 Å². The highest BCUT2D eigenvalue weighted by molar-refractivity contribution is 6.31. The quantitative estimate of drug-likeness (QED) is 0.848. The van der Waals surface area contributed by atoms with Crippen molar-refractivity contribution in [1.29, 1.82) is 0 Å². The van der Waals surface area contributed by atoms with Crippen molar-refractivity contribution in [1.82, 2.24) is 5.32 Å². The number of benzene rings is 2. The van der Waals surface area contributed by atoms with Gasteiger partial charge in [0.2, 0.25) is 0 Å². The summed E-state index contributed by atoms with van der Waals surface area (Å²) in [5.74, 6) is 0. The Balaban J connectivity index is 2.62. The van der Waals surface area contributed by atoms with E-state index < -0.39 is 0 Å². The number of hydrogen-bond donors (Lipinski definition) is 1. The number of aryl methyl sites for hydroxylation is 4. The first-order chi connectivity index (χ1) is 9.45. The standard InChI is InChI=1S/C18H22ClN/c1-11-7-6-8-12(2)17(11)18(20-5)15-9-13(3)14(4)10-16(15)19/h6-10,18,20H,1-5H3. The van der Waals surface area contributed by atoms with Gasteiger partial charge in [0, 0.05) is 5.02 Å². The average molecular weight is 288 g/mol. The largest absolute Gasteiger partial charge is 0.309 e. The van der Waals surface area contributed by atoms with Gasteiger partial charge in [0.25, 0.3) is 0 Å². The van der Waals surface area contributed by atoms with Gasteiger partial charge in [-0.05, 0) is 74.2 Å². The molecule has 0 fully saturated rings. The fraction of sp³-hybridized carbons (Fsp3) is 0.333. The fourth-order valence-corrected chi connectivity index (χ4v) is 3.09. The molecule has 0 saturated carbocycles. The zero-order valence-electron chi connectivity index (χ0n) is 12.8. The van der Waals surface area contributed by atoms with Crippen molar-refractivity contribution < 1.29 is 0 Å². The molecule has 0 radical (unpaired) electrons. The minimum atomic E-state index is 0.128. The van der Waals surface area contributed by atoms with Crippen LogP contribution in [0.3, 0.4) is 0 Å². The van der Waals surface area contributed by atoms with Crippen LogP contribution in [0, 0.1) is 27.7 Å².